The molecular weight excluding hydrogens is 352 g/mol. The lowest BCUT2D eigenvalue weighted by Crippen LogP contribution is -2.30. The maximum Gasteiger partial charge on any atom is 0.338 e. The summed E-state index contributed by atoms with van der Waals surface area (Å²) < 4.78 is 15.4. The molecule has 2 rings (SSSR count). The third-order valence-corrected chi connectivity index (χ3v) is 3.46. The van der Waals surface area contributed by atoms with E-state index in [2.05, 4.69) is 5.32 Å². The molecule has 0 saturated heterocycles. The highest BCUT2D eigenvalue weighted by Gasteiger charge is 2.19. The number of methoxy groups -OCH3 is 1. The molecule has 0 aromatic heterocycles. The standard InChI is InChI=1S/C19H20N2O6/c1-12(18(23)21-14-4-3-5-16(10-14)25-2)27-19(24)13-6-8-15(9-7-13)26-11-17(20)22/h3-10,12H,11H2,1-2H3,(H2,20,22)(H,21,23)/t12-/m0/s1. The molecule has 0 radical (unpaired) electrons. The van der Waals surface area contributed by atoms with Gasteiger partial charge < -0.3 is 25.3 Å². The van der Waals surface area contributed by atoms with Gasteiger partial charge in [-0.05, 0) is 43.3 Å². The number of hydrogen-bond donors (Lipinski definition) is 2. The number of primary amides is 1. The van der Waals surface area contributed by atoms with Gasteiger partial charge in [-0.1, -0.05) is 6.07 Å². The largest absolute Gasteiger partial charge is 0.497 e. The van der Waals surface area contributed by atoms with E-state index in [1.165, 1.54) is 38.3 Å². The Balaban J connectivity index is 1.91. The average molecular weight is 372 g/mol. The second-order valence-corrected chi connectivity index (χ2v) is 5.55. The molecule has 0 spiro atoms. The van der Waals surface area contributed by atoms with Gasteiger partial charge >= 0.3 is 5.97 Å². The second-order valence-electron chi connectivity index (χ2n) is 5.55. The lowest BCUT2D eigenvalue weighted by atomic mass is 10.2. The maximum atomic E-state index is 12.2. The molecule has 0 aliphatic heterocycles. The van der Waals surface area contributed by atoms with Crippen molar-refractivity contribution in [2.75, 3.05) is 19.0 Å². The van der Waals surface area contributed by atoms with Crippen LogP contribution in [-0.4, -0.2) is 37.6 Å². The van der Waals surface area contributed by atoms with E-state index >= 15 is 0 Å². The van der Waals surface area contributed by atoms with Crippen LogP contribution in [0.1, 0.15) is 17.3 Å². The lowest BCUT2D eigenvalue weighted by Gasteiger charge is -2.14. The van der Waals surface area contributed by atoms with Crippen molar-refractivity contribution >= 4 is 23.5 Å². The van der Waals surface area contributed by atoms with E-state index in [0.717, 1.165) is 0 Å². The molecular formula is C19H20N2O6. The summed E-state index contributed by atoms with van der Waals surface area (Å²) in [5, 5.41) is 2.65. The molecule has 2 aromatic carbocycles. The first-order valence-electron chi connectivity index (χ1n) is 8.06. The van der Waals surface area contributed by atoms with Crippen LogP contribution in [0.5, 0.6) is 11.5 Å². The smallest absolute Gasteiger partial charge is 0.338 e. The molecule has 0 unspecified atom stereocenters. The first-order valence-corrected chi connectivity index (χ1v) is 8.06. The topological polar surface area (TPSA) is 117 Å². The van der Waals surface area contributed by atoms with Gasteiger partial charge in [-0.25, -0.2) is 4.79 Å². The Labute approximate surface area is 156 Å². The Morgan fingerprint density at radius 2 is 1.78 bits per heavy atom. The number of esters is 1. The van der Waals surface area contributed by atoms with Crippen molar-refractivity contribution in [2.45, 2.75) is 13.0 Å². The molecule has 2 aromatic rings. The second kappa shape index (κ2) is 9.23. The van der Waals surface area contributed by atoms with Crippen LogP contribution in [0.4, 0.5) is 5.69 Å². The van der Waals surface area contributed by atoms with Gasteiger partial charge in [0.25, 0.3) is 11.8 Å². The molecule has 3 N–H and O–H groups in total. The molecule has 2 amide bonds. The number of nitrogens with two attached hydrogens (primary N) is 1. The highest BCUT2D eigenvalue weighted by atomic mass is 16.5. The van der Waals surface area contributed by atoms with E-state index in [1.807, 2.05) is 0 Å². The van der Waals surface area contributed by atoms with E-state index in [9.17, 15) is 14.4 Å². The number of anilines is 1. The Bertz CT molecular complexity index is 819. The molecule has 0 saturated carbocycles. The molecule has 1 atom stereocenters. The van der Waals surface area contributed by atoms with E-state index in [0.29, 0.717) is 17.2 Å². The molecule has 142 valence electrons. The Morgan fingerprint density at radius 1 is 1.07 bits per heavy atom. The molecule has 8 heteroatoms. The minimum atomic E-state index is -1.01. The molecule has 0 bridgehead atoms. The highest BCUT2D eigenvalue weighted by molar-refractivity contribution is 5.97. The fraction of sp³-hybridized carbons (Fsp3) is 0.211. The summed E-state index contributed by atoms with van der Waals surface area (Å²) in [6.07, 6.45) is -1.01. The van der Waals surface area contributed by atoms with Crippen LogP contribution < -0.4 is 20.5 Å². The zero-order valence-electron chi connectivity index (χ0n) is 14.9. The predicted octanol–water partition coefficient (Wildman–Crippen LogP) is 1.74. The number of ether oxygens (including phenoxy) is 3. The van der Waals surface area contributed by atoms with Gasteiger partial charge in [0.15, 0.2) is 12.7 Å². The van der Waals surface area contributed by atoms with Gasteiger partial charge in [0.2, 0.25) is 0 Å². The SMILES string of the molecule is COc1cccc(NC(=O)[C@H](C)OC(=O)c2ccc(OCC(N)=O)cc2)c1. The first-order chi connectivity index (χ1) is 12.9. The van der Waals surface area contributed by atoms with Crippen molar-refractivity contribution in [3.8, 4) is 11.5 Å². The van der Waals surface area contributed by atoms with Crippen molar-refractivity contribution in [3.05, 3.63) is 54.1 Å². The monoisotopic (exact) mass is 372 g/mol. The van der Waals surface area contributed by atoms with Crippen LogP contribution in [0.3, 0.4) is 0 Å². The summed E-state index contributed by atoms with van der Waals surface area (Å²) in [6.45, 7) is 1.21. The summed E-state index contributed by atoms with van der Waals surface area (Å²) in [5.41, 5.74) is 5.75. The predicted molar refractivity (Wildman–Crippen MR) is 97.6 cm³/mol. The van der Waals surface area contributed by atoms with Crippen molar-refractivity contribution < 1.29 is 28.6 Å². The molecule has 27 heavy (non-hydrogen) atoms. The Hall–Kier alpha value is -3.55. The zero-order valence-corrected chi connectivity index (χ0v) is 14.9. The number of carbonyl (C=O) groups excluding carboxylic acids is 3. The fourth-order valence-corrected chi connectivity index (χ4v) is 2.07. The number of rotatable bonds is 8. The number of benzene rings is 2. The van der Waals surface area contributed by atoms with E-state index in [-0.39, 0.29) is 12.2 Å². The molecule has 0 fully saturated rings. The Morgan fingerprint density at radius 3 is 2.41 bits per heavy atom. The number of carbonyl (C=O) groups is 3. The van der Waals surface area contributed by atoms with Gasteiger partial charge in [-0.2, -0.15) is 0 Å². The van der Waals surface area contributed by atoms with Crippen LogP contribution in [0, 0.1) is 0 Å². The van der Waals surface area contributed by atoms with E-state index in [4.69, 9.17) is 19.9 Å². The number of hydrogen-bond acceptors (Lipinski definition) is 6. The minimum absolute atomic E-state index is 0.238. The summed E-state index contributed by atoms with van der Waals surface area (Å²) in [6, 6.07) is 12.7. The number of amides is 2. The molecule has 8 nitrogen and oxygen atoms in total. The van der Waals surface area contributed by atoms with Crippen LogP contribution in [0.2, 0.25) is 0 Å². The first kappa shape index (κ1) is 19.8. The van der Waals surface area contributed by atoms with Gasteiger partial charge in [-0.15, -0.1) is 0 Å². The van der Waals surface area contributed by atoms with Crippen molar-refractivity contribution in [1.82, 2.24) is 0 Å². The normalized spacial score (nSPS) is 11.2. The molecule has 0 aliphatic rings. The zero-order chi connectivity index (χ0) is 19.8. The van der Waals surface area contributed by atoms with Crippen LogP contribution in [0.15, 0.2) is 48.5 Å². The van der Waals surface area contributed by atoms with E-state index < -0.39 is 23.9 Å². The quantitative estimate of drug-likeness (QED) is 0.682. The van der Waals surface area contributed by atoms with Crippen LogP contribution >= 0.6 is 0 Å². The maximum absolute atomic E-state index is 12.2. The van der Waals surface area contributed by atoms with E-state index in [1.54, 1.807) is 24.3 Å². The Kier molecular flexibility index (Phi) is 6.76. The van der Waals surface area contributed by atoms with Gasteiger partial charge in [0, 0.05) is 11.8 Å². The van der Waals surface area contributed by atoms with Crippen LogP contribution in [-0.2, 0) is 14.3 Å². The minimum Gasteiger partial charge on any atom is -0.497 e. The molecule has 0 aliphatic carbocycles. The van der Waals surface area contributed by atoms with Crippen molar-refractivity contribution in [2.24, 2.45) is 5.73 Å². The number of nitrogens with one attached hydrogen (secondary N) is 1. The summed E-state index contributed by atoms with van der Waals surface area (Å²) in [5.74, 6) is -0.762. The lowest BCUT2D eigenvalue weighted by molar-refractivity contribution is -0.123. The van der Waals surface area contributed by atoms with Gasteiger partial charge in [0.1, 0.15) is 11.5 Å². The summed E-state index contributed by atoms with van der Waals surface area (Å²) in [7, 11) is 1.52. The average Bonchev–Trinajstić information content (AvgIpc) is 2.66. The van der Waals surface area contributed by atoms with Gasteiger partial charge in [0.05, 0.1) is 12.7 Å². The molecule has 0 heterocycles. The summed E-state index contributed by atoms with van der Waals surface area (Å²) >= 11 is 0. The van der Waals surface area contributed by atoms with Crippen molar-refractivity contribution in [1.29, 1.82) is 0 Å². The fourth-order valence-electron chi connectivity index (χ4n) is 2.07. The highest BCUT2D eigenvalue weighted by Crippen LogP contribution is 2.17. The van der Waals surface area contributed by atoms with Gasteiger partial charge in [-0.3, -0.25) is 9.59 Å². The van der Waals surface area contributed by atoms with Crippen LogP contribution in [0.25, 0.3) is 0 Å². The summed E-state index contributed by atoms with van der Waals surface area (Å²) in [4.78, 5) is 35.0. The third-order valence-electron chi connectivity index (χ3n) is 3.46. The third kappa shape index (κ3) is 6.03. The van der Waals surface area contributed by atoms with Crippen molar-refractivity contribution in [3.63, 3.8) is 0 Å².